The maximum absolute atomic E-state index is 12.7. The lowest BCUT2D eigenvalue weighted by molar-refractivity contribution is -0.131. The molecule has 0 saturated carbocycles. The average molecular weight is 359 g/mol. The molecule has 0 aromatic heterocycles. The highest BCUT2D eigenvalue weighted by atomic mass is 79.9. The molecule has 0 spiro atoms. The Morgan fingerprint density at radius 2 is 1.68 bits per heavy atom. The molecule has 3 amide bonds. The summed E-state index contributed by atoms with van der Waals surface area (Å²) in [7, 11) is 0. The minimum Gasteiger partial charge on any atom is -0.319 e. The second-order valence-corrected chi connectivity index (χ2v) is 6.35. The molecule has 1 fully saturated rings. The van der Waals surface area contributed by atoms with Crippen LogP contribution < -0.4 is 5.32 Å². The molecule has 0 aliphatic carbocycles. The first-order chi connectivity index (χ1) is 10.5. The number of hydrogen-bond acceptors (Lipinski definition) is 2. The van der Waals surface area contributed by atoms with E-state index in [4.69, 9.17) is 0 Å². The lowest BCUT2D eigenvalue weighted by Gasteiger charge is -2.22. The molecule has 2 aromatic carbocycles. The number of nitrogens with zero attached hydrogens (tertiary/aromatic N) is 1. The number of urea groups is 1. The summed E-state index contributed by atoms with van der Waals surface area (Å²) < 4.78 is 0.961. The molecule has 22 heavy (non-hydrogen) atoms. The smallest absolute Gasteiger partial charge is 0.319 e. The van der Waals surface area contributed by atoms with E-state index in [9.17, 15) is 9.59 Å². The van der Waals surface area contributed by atoms with Crippen molar-refractivity contribution >= 4 is 27.9 Å². The fourth-order valence-corrected chi connectivity index (χ4v) is 2.84. The fraction of sp³-hybridized carbons (Fsp3) is 0.176. The monoisotopic (exact) mass is 358 g/mol. The van der Waals surface area contributed by atoms with Crippen LogP contribution in [0.4, 0.5) is 4.79 Å². The van der Waals surface area contributed by atoms with Gasteiger partial charge in [0.25, 0.3) is 5.91 Å². The fourth-order valence-electron chi connectivity index (χ4n) is 2.58. The molecule has 1 atom stereocenters. The standard InChI is InChI=1S/C17H15BrN2O2/c1-17(13-5-3-2-4-6-13)15(21)20(16(22)19-17)11-12-7-9-14(18)10-8-12/h2-10H,11H2,1H3,(H,19,22)/t17-/m0/s1. The Hall–Kier alpha value is -2.14. The number of carbonyl (C=O) groups excluding carboxylic acids is 2. The van der Waals surface area contributed by atoms with Gasteiger partial charge in [-0.2, -0.15) is 0 Å². The van der Waals surface area contributed by atoms with E-state index in [0.29, 0.717) is 0 Å². The molecule has 112 valence electrons. The van der Waals surface area contributed by atoms with Crippen molar-refractivity contribution in [2.75, 3.05) is 0 Å². The summed E-state index contributed by atoms with van der Waals surface area (Å²) in [4.78, 5) is 26.2. The van der Waals surface area contributed by atoms with Gasteiger partial charge < -0.3 is 5.32 Å². The van der Waals surface area contributed by atoms with Crippen molar-refractivity contribution in [3.8, 4) is 0 Å². The van der Waals surface area contributed by atoms with Gasteiger partial charge in [-0.1, -0.05) is 58.4 Å². The normalized spacial score (nSPS) is 21.1. The number of carbonyl (C=O) groups is 2. The average Bonchev–Trinajstić information content (AvgIpc) is 2.75. The van der Waals surface area contributed by atoms with Gasteiger partial charge in [0.05, 0.1) is 6.54 Å². The maximum atomic E-state index is 12.7. The van der Waals surface area contributed by atoms with Crippen molar-refractivity contribution in [3.05, 3.63) is 70.2 Å². The predicted octanol–water partition coefficient (Wildman–Crippen LogP) is 3.42. The van der Waals surface area contributed by atoms with Gasteiger partial charge in [-0.05, 0) is 30.2 Å². The molecule has 0 radical (unpaired) electrons. The van der Waals surface area contributed by atoms with Crippen LogP contribution in [0.2, 0.25) is 0 Å². The summed E-state index contributed by atoms with van der Waals surface area (Å²) in [5.74, 6) is -0.230. The van der Waals surface area contributed by atoms with Crippen LogP contribution in [0.1, 0.15) is 18.1 Å². The predicted molar refractivity (Wildman–Crippen MR) is 87.0 cm³/mol. The van der Waals surface area contributed by atoms with Crippen LogP contribution in [0.15, 0.2) is 59.1 Å². The van der Waals surface area contributed by atoms with Crippen LogP contribution in [0.25, 0.3) is 0 Å². The Morgan fingerprint density at radius 3 is 2.32 bits per heavy atom. The summed E-state index contributed by atoms with van der Waals surface area (Å²) in [5, 5.41) is 2.81. The van der Waals surface area contributed by atoms with E-state index in [1.807, 2.05) is 54.6 Å². The maximum Gasteiger partial charge on any atom is 0.325 e. The van der Waals surface area contributed by atoms with E-state index >= 15 is 0 Å². The molecule has 0 bridgehead atoms. The van der Waals surface area contributed by atoms with Gasteiger partial charge in [0.1, 0.15) is 5.54 Å². The van der Waals surface area contributed by atoms with Crippen molar-refractivity contribution in [2.24, 2.45) is 0 Å². The van der Waals surface area contributed by atoms with Crippen molar-refractivity contribution in [1.29, 1.82) is 0 Å². The number of hydrogen-bond donors (Lipinski definition) is 1. The van der Waals surface area contributed by atoms with E-state index in [-0.39, 0.29) is 18.5 Å². The molecule has 2 aromatic rings. The molecule has 1 saturated heterocycles. The molecule has 3 rings (SSSR count). The third-order valence-electron chi connectivity index (χ3n) is 3.88. The zero-order chi connectivity index (χ0) is 15.7. The van der Waals surface area contributed by atoms with Gasteiger partial charge in [0.15, 0.2) is 0 Å². The number of amides is 3. The third-order valence-corrected chi connectivity index (χ3v) is 4.41. The van der Waals surface area contributed by atoms with Gasteiger partial charge in [-0.15, -0.1) is 0 Å². The van der Waals surface area contributed by atoms with Gasteiger partial charge in [-0.25, -0.2) is 4.79 Å². The van der Waals surface area contributed by atoms with Gasteiger partial charge in [0, 0.05) is 4.47 Å². The number of rotatable bonds is 3. The Kier molecular flexibility index (Phi) is 3.74. The second-order valence-electron chi connectivity index (χ2n) is 5.44. The third kappa shape index (κ3) is 2.52. The van der Waals surface area contributed by atoms with Crippen LogP contribution in [0.5, 0.6) is 0 Å². The lowest BCUT2D eigenvalue weighted by atomic mass is 9.92. The highest BCUT2D eigenvalue weighted by Gasteiger charge is 2.48. The molecular formula is C17H15BrN2O2. The molecule has 1 heterocycles. The Labute approximate surface area is 137 Å². The number of imide groups is 1. The van der Waals surface area contributed by atoms with Crippen LogP contribution >= 0.6 is 15.9 Å². The van der Waals surface area contributed by atoms with Crippen molar-refractivity contribution in [2.45, 2.75) is 19.0 Å². The first kappa shape index (κ1) is 14.8. The van der Waals surface area contributed by atoms with Crippen LogP contribution in [0.3, 0.4) is 0 Å². The Morgan fingerprint density at radius 1 is 1.05 bits per heavy atom. The van der Waals surface area contributed by atoms with Gasteiger partial charge in [0.2, 0.25) is 0 Å². The molecule has 1 N–H and O–H groups in total. The summed E-state index contributed by atoms with van der Waals surface area (Å²) in [6.45, 7) is 2.00. The van der Waals surface area contributed by atoms with E-state index in [0.717, 1.165) is 15.6 Å². The number of benzene rings is 2. The summed E-state index contributed by atoms with van der Waals surface area (Å²) in [6, 6.07) is 16.5. The largest absolute Gasteiger partial charge is 0.325 e. The SMILES string of the molecule is C[C@@]1(c2ccccc2)NC(=O)N(Cc2ccc(Br)cc2)C1=O. The van der Waals surface area contributed by atoms with Gasteiger partial charge >= 0.3 is 6.03 Å². The Balaban J connectivity index is 1.87. The summed E-state index contributed by atoms with van der Waals surface area (Å²) >= 11 is 3.37. The van der Waals surface area contributed by atoms with Crippen LogP contribution in [0, 0.1) is 0 Å². The van der Waals surface area contributed by atoms with Crippen molar-refractivity contribution in [3.63, 3.8) is 0 Å². The number of halogens is 1. The minimum atomic E-state index is -1.01. The zero-order valence-corrected chi connectivity index (χ0v) is 13.6. The molecule has 4 nitrogen and oxygen atoms in total. The van der Waals surface area contributed by atoms with E-state index in [1.165, 1.54) is 4.90 Å². The molecule has 0 unspecified atom stereocenters. The topological polar surface area (TPSA) is 49.4 Å². The van der Waals surface area contributed by atoms with Crippen molar-refractivity contribution < 1.29 is 9.59 Å². The highest BCUT2D eigenvalue weighted by Crippen LogP contribution is 2.29. The first-order valence-corrected chi connectivity index (χ1v) is 7.74. The highest BCUT2D eigenvalue weighted by molar-refractivity contribution is 9.10. The molecule has 5 heteroatoms. The second kappa shape index (κ2) is 5.57. The molecule has 1 aliphatic rings. The lowest BCUT2D eigenvalue weighted by Crippen LogP contribution is -2.40. The summed E-state index contributed by atoms with van der Waals surface area (Å²) in [6.07, 6.45) is 0. The summed E-state index contributed by atoms with van der Waals surface area (Å²) in [5.41, 5.74) is 0.684. The van der Waals surface area contributed by atoms with Crippen molar-refractivity contribution in [1.82, 2.24) is 10.2 Å². The van der Waals surface area contributed by atoms with E-state index in [2.05, 4.69) is 21.2 Å². The van der Waals surface area contributed by atoms with Crippen LogP contribution in [-0.2, 0) is 16.9 Å². The molecular weight excluding hydrogens is 344 g/mol. The number of nitrogens with one attached hydrogen (secondary N) is 1. The van der Waals surface area contributed by atoms with E-state index in [1.54, 1.807) is 6.92 Å². The quantitative estimate of drug-likeness (QED) is 0.854. The molecule has 1 aliphatic heterocycles. The van der Waals surface area contributed by atoms with Crippen LogP contribution in [-0.4, -0.2) is 16.8 Å². The Bertz CT molecular complexity index is 715. The first-order valence-electron chi connectivity index (χ1n) is 6.95. The minimum absolute atomic E-state index is 0.230. The van der Waals surface area contributed by atoms with Gasteiger partial charge in [-0.3, -0.25) is 9.69 Å². The zero-order valence-electron chi connectivity index (χ0n) is 12.0. The van der Waals surface area contributed by atoms with E-state index < -0.39 is 5.54 Å².